The van der Waals surface area contributed by atoms with Crippen LogP contribution in [-0.2, 0) is 0 Å². The lowest BCUT2D eigenvalue weighted by Crippen LogP contribution is -1.81. The summed E-state index contributed by atoms with van der Waals surface area (Å²) < 4.78 is 13.4. The molecule has 0 atom stereocenters. The highest BCUT2D eigenvalue weighted by atomic mass is 79.9. The van der Waals surface area contributed by atoms with Gasteiger partial charge in [-0.15, -0.1) is 0 Å². The van der Waals surface area contributed by atoms with Gasteiger partial charge in [0.15, 0.2) is 5.95 Å². The van der Waals surface area contributed by atoms with Gasteiger partial charge in [-0.2, -0.15) is 4.39 Å². The fourth-order valence-corrected chi connectivity index (χ4v) is 1.40. The summed E-state index contributed by atoms with van der Waals surface area (Å²) >= 11 is 3.28. The molecular formula is C8H6BrFN2. The van der Waals surface area contributed by atoms with Crippen molar-refractivity contribution in [1.82, 2.24) is 9.97 Å². The van der Waals surface area contributed by atoms with Crippen molar-refractivity contribution in [1.29, 1.82) is 0 Å². The Labute approximate surface area is 76.9 Å². The van der Waals surface area contributed by atoms with Crippen LogP contribution in [-0.4, -0.2) is 9.97 Å². The number of pyridine rings is 1. The molecule has 0 aliphatic carbocycles. The SMILES string of the molecule is Cc1cc2[nH]c(F)cc2nc1Br. The van der Waals surface area contributed by atoms with Crippen molar-refractivity contribution in [2.24, 2.45) is 0 Å². The molecular weight excluding hydrogens is 223 g/mol. The summed E-state index contributed by atoms with van der Waals surface area (Å²) in [6.07, 6.45) is 0. The number of nitrogens with one attached hydrogen (secondary N) is 1. The summed E-state index contributed by atoms with van der Waals surface area (Å²) in [5.74, 6) is -0.352. The lowest BCUT2D eigenvalue weighted by atomic mass is 10.3. The van der Waals surface area contributed by atoms with Crippen LogP contribution < -0.4 is 0 Å². The molecule has 12 heavy (non-hydrogen) atoms. The summed E-state index contributed by atoms with van der Waals surface area (Å²) in [5, 5.41) is 0. The molecule has 0 unspecified atom stereocenters. The fourth-order valence-electron chi connectivity index (χ4n) is 1.10. The van der Waals surface area contributed by atoms with E-state index in [0.717, 1.165) is 15.7 Å². The van der Waals surface area contributed by atoms with Crippen molar-refractivity contribution in [3.8, 4) is 0 Å². The second-order valence-electron chi connectivity index (χ2n) is 2.65. The quantitative estimate of drug-likeness (QED) is 0.691. The first kappa shape index (κ1) is 7.73. The molecule has 0 saturated heterocycles. The van der Waals surface area contributed by atoms with Crippen molar-refractivity contribution in [2.75, 3.05) is 0 Å². The smallest absolute Gasteiger partial charge is 0.193 e. The lowest BCUT2D eigenvalue weighted by Gasteiger charge is -1.95. The van der Waals surface area contributed by atoms with Gasteiger partial charge in [0.25, 0.3) is 0 Å². The zero-order chi connectivity index (χ0) is 8.72. The van der Waals surface area contributed by atoms with E-state index in [4.69, 9.17) is 0 Å². The predicted molar refractivity (Wildman–Crippen MR) is 48.5 cm³/mol. The molecule has 0 spiro atoms. The molecule has 0 radical (unpaired) electrons. The minimum atomic E-state index is -0.352. The maximum Gasteiger partial charge on any atom is 0.193 e. The number of aromatic amines is 1. The molecule has 0 aliphatic heterocycles. The molecule has 0 fully saturated rings. The maximum atomic E-state index is 12.7. The maximum absolute atomic E-state index is 12.7. The first-order valence-electron chi connectivity index (χ1n) is 3.48. The third kappa shape index (κ3) is 1.12. The minimum absolute atomic E-state index is 0.352. The van der Waals surface area contributed by atoms with Gasteiger partial charge < -0.3 is 4.98 Å². The number of fused-ring (bicyclic) bond motifs is 1. The van der Waals surface area contributed by atoms with Crippen LogP contribution in [0.4, 0.5) is 4.39 Å². The molecule has 1 N–H and O–H groups in total. The van der Waals surface area contributed by atoms with Crippen molar-refractivity contribution in [3.05, 3.63) is 28.2 Å². The van der Waals surface area contributed by atoms with Crippen LogP contribution in [0, 0.1) is 12.9 Å². The molecule has 2 heterocycles. The molecule has 0 aromatic carbocycles. The summed E-state index contributed by atoms with van der Waals surface area (Å²) in [6.45, 7) is 1.91. The molecule has 0 aliphatic rings. The molecule has 2 aromatic rings. The van der Waals surface area contributed by atoms with Gasteiger partial charge in [-0.1, -0.05) is 0 Å². The van der Waals surface area contributed by atoms with E-state index >= 15 is 0 Å². The monoisotopic (exact) mass is 228 g/mol. The average Bonchev–Trinajstić information content (AvgIpc) is 2.30. The molecule has 2 rings (SSSR count). The van der Waals surface area contributed by atoms with Crippen molar-refractivity contribution < 1.29 is 4.39 Å². The number of hydrogen-bond donors (Lipinski definition) is 1. The Morgan fingerprint density at radius 1 is 1.50 bits per heavy atom. The highest BCUT2D eigenvalue weighted by molar-refractivity contribution is 9.10. The van der Waals surface area contributed by atoms with Gasteiger partial charge in [0.2, 0.25) is 0 Å². The van der Waals surface area contributed by atoms with Crippen molar-refractivity contribution >= 4 is 27.0 Å². The zero-order valence-electron chi connectivity index (χ0n) is 6.36. The number of aryl methyl sites for hydroxylation is 1. The molecule has 0 bridgehead atoms. The number of halogens is 2. The first-order valence-corrected chi connectivity index (χ1v) is 4.27. The van der Waals surface area contributed by atoms with Gasteiger partial charge in [0.1, 0.15) is 4.60 Å². The largest absolute Gasteiger partial charge is 0.330 e. The second kappa shape index (κ2) is 2.55. The van der Waals surface area contributed by atoms with Crippen LogP contribution in [0.15, 0.2) is 16.7 Å². The van der Waals surface area contributed by atoms with E-state index in [0.29, 0.717) is 5.52 Å². The Hall–Kier alpha value is -0.900. The second-order valence-corrected chi connectivity index (χ2v) is 3.40. The number of rotatable bonds is 0. The number of hydrogen-bond acceptors (Lipinski definition) is 1. The van der Waals surface area contributed by atoms with Gasteiger partial charge in [-0.05, 0) is 34.5 Å². The average molecular weight is 229 g/mol. The highest BCUT2D eigenvalue weighted by Crippen LogP contribution is 2.19. The Kier molecular flexibility index (Phi) is 1.65. The molecule has 0 saturated carbocycles. The van der Waals surface area contributed by atoms with Gasteiger partial charge >= 0.3 is 0 Å². The minimum Gasteiger partial charge on any atom is -0.330 e. The molecule has 4 heteroatoms. The number of aromatic nitrogens is 2. The van der Waals surface area contributed by atoms with Gasteiger partial charge in [-0.25, -0.2) is 4.98 Å². The van der Waals surface area contributed by atoms with Crippen LogP contribution >= 0.6 is 15.9 Å². The third-order valence-electron chi connectivity index (χ3n) is 1.70. The fraction of sp³-hybridized carbons (Fsp3) is 0.125. The Balaban J connectivity index is 2.83. The highest BCUT2D eigenvalue weighted by Gasteiger charge is 2.03. The lowest BCUT2D eigenvalue weighted by molar-refractivity contribution is 0.594. The van der Waals surface area contributed by atoms with E-state index in [1.807, 2.05) is 13.0 Å². The Bertz CT molecular complexity index is 397. The van der Waals surface area contributed by atoms with Crippen LogP contribution in [0.5, 0.6) is 0 Å². The van der Waals surface area contributed by atoms with Crippen molar-refractivity contribution in [2.45, 2.75) is 6.92 Å². The van der Waals surface area contributed by atoms with Gasteiger partial charge in [-0.3, -0.25) is 0 Å². The van der Waals surface area contributed by atoms with E-state index in [1.165, 1.54) is 6.07 Å². The number of H-pyrrole nitrogens is 1. The van der Waals surface area contributed by atoms with E-state index in [1.54, 1.807) is 0 Å². The van der Waals surface area contributed by atoms with Gasteiger partial charge in [0.05, 0.1) is 11.0 Å². The van der Waals surface area contributed by atoms with Crippen LogP contribution in [0.3, 0.4) is 0 Å². The molecule has 0 amide bonds. The van der Waals surface area contributed by atoms with Crippen LogP contribution in [0.25, 0.3) is 11.0 Å². The predicted octanol–water partition coefficient (Wildman–Crippen LogP) is 2.77. The molecule has 2 nitrogen and oxygen atoms in total. The first-order chi connectivity index (χ1) is 5.66. The Morgan fingerprint density at radius 3 is 3.00 bits per heavy atom. The molecule has 62 valence electrons. The summed E-state index contributed by atoms with van der Waals surface area (Å²) in [7, 11) is 0. The zero-order valence-corrected chi connectivity index (χ0v) is 7.94. The topological polar surface area (TPSA) is 28.7 Å². The van der Waals surface area contributed by atoms with E-state index in [9.17, 15) is 4.39 Å². The van der Waals surface area contributed by atoms with Crippen LogP contribution in [0.1, 0.15) is 5.56 Å². The third-order valence-corrected chi connectivity index (χ3v) is 2.50. The summed E-state index contributed by atoms with van der Waals surface area (Å²) in [4.78, 5) is 6.72. The normalized spacial score (nSPS) is 10.9. The van der Waals surface area contributed by atoms with E-state index < -0.39 is 0 Å². The summed E-state index contributed by atoms with van der Waals surface area (Å²) in [5.41, 5.74) is 2.36. The van der Waals surface area contributed by atoms with Crippen molar-refractivity contribution in [3.63, 3.8) is 0 Å². The molecule has 2 aromatic heterocycles. The van der Waals surface area contributed by atoms with Gasteiger partial charge in [0, 0.05) is 6.07 Å². The van der Waals surface area contributed by atoms with E-state index in [-0.39, 0.29) is 5.95 Å². The van der Waals surface area contributed by atoms with E-state index in [2.05, 4.69) is 25.9 Å². The Morgan fingerprint density at radius 2 is 2.25 bits per heavy atom. The summed E-state index contributed by atoms with van der Waals surface area (Å²) in [6, 6.07) is 3.23. The standard InChI is InChI=1S/C8H6BrFN2/c1-4-2-5-6(12-8(4)9)3-7(10)11-5/h2-3,11H,1H3. The number of nitrogens with zero attached hydrogens (tertiary/aromatic N) is 1. The van der Waals surface area contributed by atoms with Crippen LogP contribution in [0.2, 0.25) is 0 Å².